The van der Waals surface area contributed by atoms with E-state index in [2.05, 4.69) is 0 Å². The predicted molar refractivity (Wildman–Crippen MR) is 51.5 cm³/mol. The molecule has 0 fully saturated rings. The van der Waals surface area contributed by atoms with E-state index in [4.69, 9.17) is 16.2 Å². The number of nitrogens with two attached hydrogens (primary N) is 2. The number of amides is 1. The lowest BCUT2D eigenvalue weighted by molar-refractivity contribution is 0.0919. The summed E-state index contributed by atoms with van der Waals surface area (Å²) in [6, 6.07) is 5.14. The molecule has 1 amide bonds. The second kappa shape index (κ2) is 3.40. The maximum Gasteiger partial charge on any atom is 0.248 e. The smallest absolute Gasteiger partial charge is 0.248 e. The molecule has 1 atom stereocenters. The van der Waals surface area contributed by atoms with E-state index in [0.717, 1.165) is 11.1 Å². The van der Waals surface area contributed by atoms with Crippen LogP contribution >= 0.6 is 0 Å². The van der Waals surface area contributed by atoms with E-state index in [1.54, 1.807) is 12.1 Å². The molecule has 0 bridgehead atoms. The second-order valence-electron chi connectivity index (χ2n) is 3.40. The second-order valence-corrected chi connectivity index (χ2v) is 3.40. The zero-order chi connectivity index (χ0) is 10.1. The number of fused-ring (bicyclic) bond motifs is 1. The summed E-state index contributed by atoms with van der Waals surface area (Å²) in [5.41, 5.74) is 13.5. The van der Waals surface area contributed by atoms with Crippen LogP contribution in [0.3, 0.4) is 0 Å². The zero-order valence-electron chi connectivity index (χ0n) is 7.69. The Morgan fingerprint density at radius 3 is 3.00 bits per heavy atom. The average molecular weight is 192 g/mol. The number of primary amides is 1. The number of carbonyl (C=O) groups excluding carboxylic acids is 1. The predicted octanol–water partition coefficient (Wildman–Crippen LogP) is 0.316. The van der Waals surface area contributed by atoms with Gasteiger partial charge in [0.15, 0.2) is 0 Å². The monoisotopic (exact) mass is 192 g/mol. The first-order valence-corrected chi connectivity index (χ1v) is 4.44. The molecule has 1 aliphatic heterocycles. The van der Waals surface area contributed by atoms with Crippen molar-refractivity contribution in [1.29, 1.82) is 0 Å². The zero-order valence-corrected chi connectivity index (χ0v) is 7.69. The Balaban J connectivity index is 2.45. The molecule has 0 saturated carbocycles. The van der Waals surface area contributed by atoms with Crippen LogP contribution in [0, 0.1) is 0 Å². The van der Waals surface area contributed by atoms with E-state index in [9.17, 15) is 4.79 Å². The summed E-state index contributed by atoms with van der Waals surface area (Å²) >= 11 is 0. The third-order valence-corrected chi connectivity index (χ3v) is 2.38. The molecule has 2 rings (SSSR count). The first kappa shape index (κ1) is 9.18. The SMILES string of the molecule is NC(=O)c1ccc2c(c1)[C@H](N)COC2. The molecule has 0 unspecified atom stereocenters. The minimum Gasteiger partial charge on any atom is -0.375 e. The van der Waals surface area contributed by atoms with Crippen LogP contribution in [-0.2, 0) is 11.3 Å². The molecule has 4 heteroatoms. The molecule has 4 N–H and O–H groups in total. The van der Waals surface area contributed by atoms with Gasteiger partial charge >= 0.3 is 0 Å². The van der Waals surface area contributed by atoms with Gasteiger partial charge in [-0.3, -0.25) is 4.79 Å². The molecule has 0 aliphatic carbocycles. The molecule has 0 aromatic heterocycles. The quantitative estimate of drug-likeness (QED) is 0.672. The van der Waals surface area contributed by atoms with Crippen LogP contribution in [0.25, 0.3) is 0 Å². The van der Waals surface area contributed by atoms with Crippen molar-refractivity contribution >= 4 is 5.91 Å². The van der Waals surface area contributed by atoms with Gasteiger partial charge in [-0.1, -0.05) is 6.07 Å². The summed E-state index contributed by atoms with van der Waals surface area (Å²) in [5.74, 6) is -0.425. The number of rotatable bonds is 1. The highest BCUT2D eigenvalue weighted by atomic mass is 16.5. The van der Waals surface area contributed by atoms with Gasteiger partial charge in [-0.2, -0.15) is 0 Å². The molecule has 1 aromatic carbocycles. The lowest BCUT2D eigenvalue weighted by Gasteiger charge is -2.22. The van der Waals surface area contributed by atoms with Gasteiger partial charge in [0.2, 0.25) is 5.91 Å². The average Bonchev–Trinajstić information content (AvgIpc) is 2.18. The van der Waals surface area contributed by atoms with Gasteiger partial charge in [-0.05, 0) is 23.3 Å². The lowest BCUT2D eigenvalue weighted by atomic mass is 9.97. The third kappa shape index (κ3) is 1.49. The van der Waals surface area contributed by atoms with Gasteiger partial charge in [0.1, 0.15) is 0 Å². The Labute approximate surface area is 81.8 Å². The highest BCUT2D eigenvalue weighted by molar-refractivity contribution is 5.93. The molecule has 1 heterocycles. The number of carbonyl (C=O) groups is 1. The fourth-order valence-corrected chi connectivity index (χ4v) is 1.61. The Hall–Kier alpha value is -1.39. The summed E-state index contributed by atoms with van der Waals surface area (Å²) in [5, 5.41) is 0. The molecule has 74 valence electrons. The van der Waals surface area contributed by atoms with Crippen LogP contribution in [0.4, 0.5) is 0 Å². The normalized spacial score (nSPS) is 20.2. The van der Waals surface area contributed by atoms with Crippen molar-refractivity contribution in [3.05, 3.63) is 34.9 Å². The maximum atomic E-state index is 10.9. The van der Waals surface area contributed by atoms with Crippen LogP contribution in [0.1, 0.15) is 27.5 Å². The van der Waals surface area contributed by atoms with Gasteiger partial charge in [-0.25, -0.2) is 0 Å². The van der Waals surface area contributed by atoms with Gasteiger partial charge in [0, 0.05) is 5.56 Å². The van der Waals surface area contributed by atoms with Crippen LogP contribution in [-0.4, -0.2) is 12.5 Å². The number of benzene rings is 1. The fourth-order valence-electron chi connectivity index (χ4n) is 1.61. The fraction of sp³-hybridized carbons (Fsp3) is 0.300. The Morgan fingerprint density at radius 2 is 2.29 bits per heavy atom. The molecule has 1 aromatic rings. The summed E-state index contributed by atoms with van der Waals surface area (Å²) in [7, 11) is 0. The van der Waals surface area contributed by atoms with E-state index in [0.29, 0.717) is 18.8 Å². The van der Waals surface area contributed by atoms with E-state index in [1.807, 2.05) is 6.07 Å². The number of ether oxygens (including phenoxy) is 1. The first-order chi connectivity index (χ1) is 6.68. The van der Waals surface area contributed by atoms with Crippen molar-refractivity contribution in [2.45, 2.75) is 12.6 Å². The molecule has 0 saturated heterocycles. The lowest BCUT2D eigenvalue weighted by Crippen LogP contribution is -2.24. The number of hydrogen-bond acceptors (Lipinski definition) is 3. The van der Waals surface area contributed by atoms with Crippen molar-refractivity contribution < 1.29 is 9.53 Å². The maximum absolute atomic E-state index is 10.9. The van der Waals surface area contributed by atoms with Gasteiger partial charge in [-0.15, -0.1) is 0 Å². The third-order valence-electron chi connectivity index (χ3n) is 2.38. The minimum absolute atomic E-state index is 0.155. The van der Waals surface area contributed by atoms with E-state index in [-0.39, 0.29) is 6.04 Å². The first-order valence-electron chi connectivity index (χ1n) is 4.44. The molecular weight excluding hydrogens is 180 g/mol. The Bertz CT molecular complexity index is 376. The molecule has 14 heavy (non-hydrogen) atoms. The summed E-state index contributed by atoms with van der Waals surface area (Å²) < 4.78 is 5.27. The van der Waals surface area contributed by atoms with Crippen LogP contribution in [0.15, 0.2) is 18.2 Å². The molecule has 1 aliphatic rings. The van der Waals surface area contributed by atoms with Crippen LogP contribution < -0.4 is 11.5 Å². The highest BCUT2D eigenvalue weighted by Crippen LogP contribution is 2.23. The van der Waals surface area contributed by atoms with Crippen molar-refractivity contribution in [2.24, 2.45) is 11.5 Å². The van der Waals surface area contributed by atoms with Crippen LogP contribution in [0.2, 0.25) is 0 Å². The molecule has 0 radical (unpaired) electrons. The molecule has 4 nitrogen and oxygen atoms in total. The summed E-state index contributed by atoms with van der Waals surface area (Å²) in [4.78, 5) is 10.9. The highest BCUT2D eigenvalue weighted by Gasteiger charge is 2.18. The van der Waals surface area contributed by atoms with E-state index >= 15 is 0 Å². The van der Waals surface area contributed by atoms with Gasteiger partial charge in [0.05, 0.1) is 19.3 Å². The van der Waals surface area contributed by atoms with E-state index in [1.165, 1.54) is 0 Å². The Kier molecular flexibility index (Phi) is 2.23. The van der Waals surface area contributed by atoms with Gasteiger partial charge in [0.25, 0.3) is 0 Å². The summed E-state index contributed by atoms with van der Waals surface area (Å²) in [6.45, 7) is 1.05. The summed E-state index contributed by atoms with van der Waals surface area (Å²) in [6.07, 6.45) is 0. The number of hydrogen-bond donors (Lipinski definition) is 2. The largest absolute Gasteiger partial charge is 0.375 e. The van der Waals surface area contributed by atoms with Crippen molar-refractivity contribution in [2.75, 3.05) is 6.61 Å². The minimum atomic E-state index is -0.425. The van der Waals surface area contributed by atoms with E-state index < -0.39 is 5.91 Å². The topological polar surface area (TPSA) is 78.3 Å². The van der Waals surface area contributed by atoms with Crippen LogP contribution in [0.5, 0.6) is 0 Å². The van der Waals surface area contributed by atoms with Crippen molar-refractivity contribution in [3.8, 4) is 0 Å². The van der Waals surface area contributed by atoms with Crippen molar-refractivity contribution in [3.63, 3.8) is 0 Å². The van der Waals surface area contributed by atoms with Crippen molar-refractivity contribution in [1.82, 2.24) is 0 Å². The Morgan fingerprint density at radius 1 is 1.50 bits per heavy atom. The van der Waals surface area contributed by atoms with Gasteiger partial charge < -0.3 is 16.2 Å². The molecular formula is C10H12N2O2. The standard InChI is InChI=1S/C10H12N2O2/c11-9-5-14-4-7-2-1-6(10(12)13)3-8(7)9/h1-3,9H,4-5,11H2,(H2,12,13)/t9-/m1/s1. The molecule has 0 spiro atoms.